The Kier molecular flexibility index (Phi) is 5.46. The molecule has 25 heavy (non-hydrogen) atoms. The van der Waals surface area contributed by atoms with Gasteiger partial charge < -0.3 is 15.3 Å². The topological polar surface area (TPSA) is 69.6 Å². The molecule has 1 fully saturated rings. The molecule has 1 aliphatic rings. The van der Waals surface area contributed by atoms with Gasteiger partial charge in [0.15, 0.2) is 6.10 Å². The van der Waals surface area contributed by atoms with Gasteiger partial charge in [-0.2, -0.15) is 0 Å². The Morgan fingerprint density at radius 3 is 2.20 bits per heavy atom. The third-order valence-corrected chi connectivity index (χ3v) is 4.46. The van der Waals surface area contributed by atoms with Gasteiger partial charge >= 0.3 is 0 Å². The Bertz CT molecular complexity index is 718. The number of hydrogen-bond donors (Lipinski definition) is 2. The number of likely N-dealkylation sites (tertiary alicyclic amines) is 1. The monoisotopic (exact) mass is 338 g/mol. The van der Waals surface area contributed by atoms with E-state index in [1.54, 1.807) is 29.2 Å². The van der Waals surface area contributed by atoms with Crippen molar-refractivity contribution >= 4 is 11.8 Å². The summed E-state index contributed by atoms with van der Waals surface area (Å²) < 4.78 is 0. The predicted molar refractivity (Wildman–Crippen MR) is 94.5 cm³/mol. The van der Waals surface area contributed by atoms with Gasteiger partial charge in [0.1, 0.15) is 0 Å². The molecule has 0 aromatic heterocycles. The summed E-state index contributed by atoms with van der Waals surface area (Å²) in [5, 5.41) is 13.2. The lowest BCUT2D eigenvalue weighted by Crippen LogP contribution is -2.40. The highest BCUT2D eigenvalue weighted by atomic mass is 16.3. The van der Waals surface area contributed by atoms with E-state index >= 15 is 0 Å². The van der Waals surface area contributed by atoms with Crippen LogP contribution in [0, 0.1) is 0 Å². The molecular weight excluding hydrogens is 316 g/mol. The van der Waals surface area contributed by atoms with E-state index in [0.717, 1.165) is 12.0 Å². The van der Waals surface area contributed by atoms with Crippen LogP contribution in [0.3, 0.4) is 0 Å². The Labute approximate surface area is 147 Å². The van der Waals surface area contributed by atoms with E-state index in [4.69, 9.17) is 0 Å². The van der Waals surface area contributed by atoms with E-state index in [2.05, 4.69) is 5.32 Å². The summed E-state index contributed by atoms with van der Waals surface area (Å²) in [6.07, 6.45) is 0.171. The van der Waals surface area contributed by atoms with E-state index in [0.29, 0.717) is 25.1 Å². The standard InChI is InChI=1S/C20H22N2O3/c23-18-12-7-13-22(18)14-17(15-8-3-1-4-9-15)21-20(25)19(24)16-10-5-2-6-11-16/h1-6,8-11,17,19,24H,7,12-14H2,(H,21,25). The van der Waals surface area contributed by atoms with Crippen molar-refractivity contribution in [1.29, 1.82) is 0 Å². The molecule has 2 amide bonds. The molecule has 5 nitrogen and oxygen atoms in total. The quantitative estimate of drug-likeness (QED) is 0.848. The molecule has 1 heterocycles. The van der Waals surface area contributed by atoms with Crippen molar-refractivity contribution in [1.82, 2.24) is 10.2 Å². The summed E-state index contributed by atoms with van der Waals surface area (Å²) in [5.74, 6) is -0.356. The van der Waals surface area contributed by atoms with Crippen molar-refractivity contribution in [3.8, 4) is 0 Å². The summed E-state index contributed by atoms with van der Waals surface area (Å²) >= 11 is 0. The molecule has 5 heteroatoms. The van der Waals surface area contributed by atoms with Crippen LogP contribution >= 0.6 is 0 Å². The molecule has 2 aromatic rings. The molecule has 130 valence electrons. The zero-order chi connectivity index (χ0) is 17.6. The van der Waals surface area contributed by atoms with Gasteiger partial charge in [0.05, 0.1) is 6.04 Å². The number of nitrogens with one attached hydrogen (secondary N) is 1. The Balaban J connectivity index is 1.75. The van der Waals surface area contributed by atoms with Crippen molar-refractivity contribution in [3.05, 3.63) is 71.8 Å². The molecule has 2 atom stereocenters. The molecule has 0 saturated carbocycles. The third kappa shape index (κ3) is 4.25. The number of benzene rings is 2. The van der Waals surface area contributed by atoms with Gasteiger partial charge in [0.2, 0.25) is 5.91 Å². The average Bonchev–Trinajstić information content (AvgIpc) is 3.06. The highest BCUT2D eigenvalue weighted by Gasteiger charge is 2.27. The second-order valence-electron chi connectivity index (χ2n) is 6.23. The van der Waals surface area contributed by atoms with Crippen LogP contribution in [0.15, 0.2) is 60.7 Å². The Morgan fingerprint density at radius 2 is 1.64 bits per heavy atom. The molecule has 2 N–H and O–H groups in total. The number of aliphatic hydroxyl groups is 1. The Hall–Kier alpha value is -2.66. The number of nitrogens with zero attached hydrogens (tertiary/aromatic N) is 1. The van der Waals surface area contributed by atoms with Gasteiger partial charge in [-0.15, -0.1) is 0 Å². The fourth-order valence-corrected chi connectivity index (χ4v) is 3.07. The summed E-state index contributed by atoms with van der Waals surface area (Å²) in [7, 11) is 0. The minimum atomic E-state index is -1.23. The molecule has 0 radical (unpaired) electrons. The van der Waals surface area contributed by atoms with Crippen molar-refractivity contribution in [3.63, 3.8) is 0 Å². The fourth-order valence-electron chi connectivity index (χ4n) is 3.07. The fraction of sp³-hybridized carbons (Fsp3) is 0.300. The summed E-state index contributed by atoms with van der Waals surface area (Å²) in [6.45, 7) is 1.12. The number of aliphatic hydroxyl groups excluding tert-OH is 1. The molecule has 0 spiro atoms. The first kappa shape index (κ1) is 17.2. The number of hydrogen-bond acceptors (Lipinski definition) is 3. The van der Waals surface area contributed by atoms with Crippen LogP contribution in [0.25, 0.3) is 0 Å². The van der Waals surface area contributed by atoms with E-state index in [1.165, 1.54) is 0 Å². The van der Waals surface area contributed by atoms with Crippen LogP contribution in [-0.2, 0) is 9.59 Å². The molecule has 0 bridgehead atoms. The molecular formula is C20H22N2O3. The SMILES string of the molecule is O=C(NC(CN1CCCC1=O)c1ccccc1)C(O)c1ccccc1. The minimum absolute atomic E-state index is 0.110. The maximum atomic E-state index is 12.5. The van der Waals surface area contributed by atoms with Gasteiger partial charge in [-0.3, -0.25) is 9.59 Å². The first-order valence-electron chi connectivity index (χ1n) is 8.51. The first-order valence-corrected chi connectivity index (χ1v) is 8.51. The molecule has 2 aromatic carbocycles. The van der Waals surface area contributed by atoms with Gasteiger partial charge in [-0.1, -0.05) is 60.7 Å². The molecule has 3 rings (SSSR count). The van der Waals surface area contributed by atoms with E-state index in [-0.39, 0.29) is 11.9 Å². The van der Waals surface area contributed by atoms with Gasteiger partial charge in [0, 0.05) is 19.5 Å². The lowest BCUT2D eigenvalue weighted by Gasteiger charge is -2.26. The molecule has 0 aliphatic carbocycles. The third-order valence-electron chi connectivity index (χ3n) is 4.46. The van der Waals surface area contributed by atoms with Gasteiger partial charge in [0.25, 0.3) is 5.91 Å². The lowest BCUT2D eigenvalue weighted by molar-refractivity contribution is -0.132. The summed E-state index contributed by atoms with van der Waals surface area (Å²) in [6, 6.07) is 18.0. The highest BCUT2D eigenvalue weighted by molar-refractivity contribution is 5.82. The van der Waals surface area contributed by atoms with Crippen LogP contribution in [0.4, 0.5) is 0 Å². The zero-order valence-electron chi connectivity index (χ0n) is 14.0. The smallest absolute Gasteiger partial charge is 0.254 e. The van der Waals surface area contributed by atoms with Crippen LogP contribution in [-0.4, -0.2) is 34.9 Å². The highest BCUT2D eigenvalue weighted by Crippen LogP contribution is 2.20. The lowest BCUT2D eigenvalue weighted by atomic mass is 10.0. The van der Waals surface area contributed by atoms with Crippen molar-refractivity contribution in [2.45, 2.75) is 25.0 Å². The van der Waals surface area contributed by atoms with Crippen LogP contribution in [0.1, 0.15) is 36.1 Å². The van der Waals surface area contributed by atoms with E-state index in [9.17, 15) is 14.7 Å². The number of amides is 2. The zero-order valence-corrected chi connectivity index (χ0v) is 14.0. The molecule has 2 unspecified atom stereocenters. The molecule has 1 aliphatic heterocycles. The van der Waals surface area contributed by atoms with Gasteiger partial charge in [-0.05, 0) is 17.5 Å². The number of carbonyl (C=O) groups excluding carboxylic acids is 2. The predicted octanol–water partition coefficient (Wildman–Crippen LogP) is 2.20. The van der Waals surface area contributed by atoms with Crippen molar-refractivity contribution in [2.75, 3.05) is 13.1 Å². The molecule has 1 saturated heterocycles. The average molecular weight is 338 g/mol. The minimum Gasteiger partial charge on any atom is -0.378 e. The van der Waals surface area contributed by atoms with Crippen LogP contribution in [0.2, 0.25) is 0 Å². The summed E-state index contributed by atoms with van der Waals surface area (Å²) in [4.78, 5) is 26.2. The second kappa shape index (κ2) is 7.94. The van der Waals surface area contributed by atoms with E-state index in [1.807, 2.05) is 36.4 Å². The van der Waals surface area contributed by atoms with Crippen LogP contribution in [0.5, 0.6) is 0 Å². The van der Waals surface area contributed by atoms with Gasteiger partial charge in [-0.25, -0.2) is 0 Å². The first-order chi connectivity index (χ1) is 12.1. The normalized spacial score (nSPS) is 16.5. The number of carbonyl (C=O) groups is 2. The maximum Gasteiger partial charge on any atom is 0.254 e. The number of rotatable bonds is 6. The summed E-state index contributed by atoms with van der Waals surface area (Å²) in [5.41, 5.74) is 1.46. The van der Waals surface area contributed by atoms with E-state index < -0.39 is 12.0 Å². The largest absolute Gasteiger partial charge is 0.378 e. The van der Waals surface area contributed by atoms with Crippen molar-refractivity contribution < 1.29 is 14.7 Å². The second-order valence-corrected chi connectivity index (χ2v) is 6.23. The maximum absolute atomic E-state index is 12.5. The van der Waals surface area contributed by atoms with Crippen LogP contribution < -0.4 is 5.32 Å². The van der Waals surface area contributed by atoms with Crippen molar-refractivity contribution in [2.24, 2.45) is 0 Å². The Morgan fingerprint density at radius 1 is 1.04 bits per heavy atom.